The van der Waals surface area contributed by atoms with E-state index in [0.717, 1.165) is 57.8 Å². The molecule has 0 bridgehead atoms. The molecule has 0 spiro atoms. The van der Waals surface area contributed by atoms with E-state index in [9.17, 15) is 14.4 Å². The minimum Gasteiger partial charge on any atom is -0.497 e. The molecule has 0 unspecified atom stereocenters. The van der Waals surface area contributed by atoms with E-state index in [1.807, 2.05) is 36.4 Å². The van der Waals surface area contributed by atoms with Crippen molar-refractivity contribution in [2.75, 3.05) is 13.7 Å². The Morgan fingerprint density at radius 2 is 1.04 bits per heavy atom. The molecule has 1 aliphatic rings. The maximum atomic E-state index is 12.4. The zero-order valence-electron chi connectivity index (χ0n) is 26.0. The van der Waals surface area contributed by atoms with E-state index >= 15 is 0 Å². The van der Waals surface area contributed by atoms with E-state index < -0.39 is 5.97 Å². The number of carbonyl (C=O) groups excluding carboxylic acids is 3. The van der Waals surface area contributed by atoms with Gasteiger partial charge in [0.15, 0.2) is 0 Å². The molecule has 0 saturated heterocycles. The Hall–Kier alpha value is -4.65. The van der Waals surface area contributed by atoms with Crippen molar-refractivity contribution in [1.29, 1.82) is 0 Å². The molecule has 7 nitrogen and oxygen atoms in total. The summed E-state index contributed by atoms with van der Waals surface area (Å²) in [5.41, 5.74) is 2.13. The fourth-order valence-electron chi connectivity index (χ4n) is 5.00. The van der Waals surface area contributed by atoms with E-state index in [-0.39, 0.29) is 11.9 Å². The van der Waals surface area contributed by atoms with E-state index in [2.05, 4.69) is 12.2 Å². The maximum Gasteiger partial charge on any atom is 0.343 e. The first-order valence-electron chi connectivity index (χ1n) is 15.8. The van der Waals surface area contributed by atoms with Gasteiger partial charge in [-0.1, -0.05) is 81.4 Å². The summed E-state index contributed by atoms with van der Waals surface area (Å²) >= 11 is 0. The van der Waals surface area contributed by atoms with Crippen LogP contribution < -0.4 is 14.2 Å². The molecule has 0 aliphatic heterocycles. The van der Waals surface area contributed by atoms with Crippen molar-refractivity contribution in [2.45, 2.75) is 70.1 Å². The summed E-state index contributed by atoms with van der Waals surface area (Å²) < 4.78 is 21.3. The van der Waals surface area contributed by atoms with Crippen molar-refractivity contribution in [1.82, 2.24) is 0 Å². The van der Waals surface area contributed by atoms with E-state index in [0.29, 0.717) is 47.3 Å². The molecule has 45 heavy (non-hydrogen) atoms. The zero-order chi connectivity index (χ0) is 31.7. The average molecular weight is 611 g/mol. The third kappa shape index (κ3) is 11.4. The van der Waals surface area contributed by atoms with Crippen molar-refractivity contribution in [3.8, 4) is 17.2 Å². The first-order valence-corrected chi connectivity index (χ1v) is 15.8. The Labute approximate surface area is 265 Å². The molecule has 0 aromatic heterocycles. The highest BCUT2D eigenvalue weighted by Gasteiger charge is 2.12. The van der Waals surface area contributed by atoms with Crippen molar-refractivity contribution < 1.29 is 33.3 Å². The summed E-state index contributed by atoms with van der Waals surface area (Å²) in [5.74, 6) is 0.758. The molecule has 0 radical (unpaired) electrons. The van der Waals surface area contributed by atoms with Gasteiger partial charge in [0, 0.05) is 12.3 Å². The Kier molecular flexibility index (Phi) is 13.5. The lowest BCUT2D eigenvalue weighted by Crippen LogP contribution is -2.10. The second kappa shape index (κ2) is 18.2. The summed E-state index contributed by atoms with van der Waals surface area (Å²) in [7, 11) is 1.57. The minimum absolute atomic E-state index is 0.260. The Balaban J connectivity index is 0.969. The van der Waals surface area contributed by atoms with Crippen LogP contribution in [0.15, 0.2) is 97.1 Å². The van der Waals surface area contributed by atoms with Gasteiger partial charge in [0.2, 0.25) is 0 Å². The molecule has 1 aliphatic carbocycles. The molecule has 3 aromatic rings. The predicted octanol–water partition coefficient (Wildman–Crippen LogP) is 8.79. The van der Waals surface area contributed by atoms with Crippen LogP contribution in [-0.4, -0.2) is 31.6 Å². The Morgan fingerprint density at radius 3 is 1.67 bits per heavy atom. The van der Waals surface area contributed by atoms with E-state index in [4.69, 9.17) is 18.9 Å². The molecule has 7 heteroatoms. The fourth-order valence-corrected chi connectivity index (χ4v) is 5.00. The maximum absolute atomic E-state index is 12.4. The number of rotatable bonds is 18. The van der Waals surface area contributed by atoms with Crippen LogP contribution in [0.4, 0.5) is 0 Å². The Bertz CT molecular complexity index is 1410. The van der Waals surface area contributed by atoms with Crippen LogP contribution in [0.3, 0.4) is 0 Å². The molecular formula is C38H42O7. The predicted molar refractivity (Wildman–Crippen MR) is 174 cm³/mol. The second-order valence-corrected chi connectivity index (χ2v) is 11.0. The van der Waals surface area contributed by atoms with Gasteiger partial charge in [0.1, 0.15) is 17.2 Å². The summed E-state index contributed by atoms with van der Waals surface area (Å²) in [5, 5.41) is 0. The fraction of sp³-hybridized carbons (Fsp3) is 0.342. The molecule has 0 heterocycles. The van der Waals surface area contributed by atoms with Crippen LogP contribution in [0.25, 0.3) is 0 Å². The van der Waals surface area contributed by atoms with E-state index in [1.165, 1.54) is 5.56 Å². The molecule has 0 amide bonds. The lowest BCUT2D eigenvalue weighted by molar-refractivity contribution is -0.134. The highest BCUT2D eigenvalue weighted by molar-refractivity contribution is 5.91. The number of unbranched alkanes of at least 4 members (excludes halogenated alkanes) is 8. The number of esters is 3. The molecule has 0 N–H and O–H groups in total. The normalized spacial score (nSPS) is 12.2. The molecule has 236 valence electrons. The minimum atomic E-state index is -0.494. The summed E-state index contributed by atoms with van der Waals surface area (Å²) in [4.78, 5) is 36.8. The zero-order valence-corrected chi connectivity index (χ0v) is 26.0. The number of allylic oxidation sites excluding steroid dienone is 4. The third-order valence-corrected chi connectivity index (χ3v) is 7.63. The van der Waals surface area contributed by atoms with Gasteiger partial charge >= 0.3 is 17.9 Å². The van der Waals surface area contributed by atoms with Crippen LogP contribution in [0, 0.1) is 0 Å². The van der Waals surface area contributed by atoms with E-state index in [1.54, 1.807) is 55.6 Å². The topological polar surface area (TPSA) is 88.1 Å². The van der Waals surface area contributed by atoms with Crippen LogP contribution in [0.2, 0.25) is 0 Å². The van der Waals surface area contributed by atoms with Crippen LogP contribution >= 0.6 is 0 Å². The van der Waals surface area contributed by atoms with Gasteiger partial charge in [0.25, 0.3) is 0 Å². The summed E-state index contributed by atoms with van der Waals surface area (Å²) in [6.07, 6.45) is 18.0. The monoisotopic (exact) mass is 610 g/mol. The van der Waals surface area contributed by atoms with Gasteiger partial charge in [-0.25, -0.2) is 9.59 Å². The van der Waals surface area contributed by atoms with Crippen LogP contribution in [0.5, 0.6) is 17.2 Å². The van der Waals surface area contributed by atoms with Gasteiger partial charge < -0.3 is 18.9 Å². The first-order chi connectivity index (χ1) is 22.0. The highest BCUT2D eigenvalue weighted by atomic mass is 16.5. The third-order valence-electron chi connectivity index (χ3n) is 7.63. The SMILES string of the molecule is COc1ccc(OC(=O)c2ccc(OC(=O)CCCCCCCCCCCOC(=O)c3ccc(C4C=CC=C4)cc3)cc2)cc1. The van der Waals surface area contributed by atoms with Gasteiger partial charge in [0.05, 0.1) is 24.8 Å². The van der Waals surface area contributed by atoms with Crippen molar-refractivity contribution in [3.63, 3.8) is 0 Å². The molecule has 4 rings (SSSR count). The van der Waals surface area contributed by atoms with Crippen LogP contribution in [-0.2, 0) is 9.53 Å². The van der Waals surface area contributed by atoms with Gasteiger partial charge in [-0.05, 0) is 79.1 Å². The van der Waals surface area contributed by atoms with Crippen molar-refractivity contribution >= 4 is 17.9 Å². The lowest BCUT2D eigenvalue weighted by atomic mass is 10.00. The molecule has 0 atom stereocenters. The number of methoxy groups -OCH3 is 1. The lowest BCUT2D eigenvalue weighted by Gasteiger charge is -2.08. The van der Waals surface area contributed by atoms with Gasteiger partial charge in [-0.15, -0.1) is 0 Å². The molecule has 3 aromatic carbocycles. The quantitative estimate of drug-likeness (QED) is 0.0808. The molecule has 0 fully saturated rings. The number of hydrogen-bond acceptors (Lipinski definition) is 7. The van der Waals surface area contributed by atoms with Gasteiger partial charge in [-0.2, -0.15) is 0 Å². The largest absolute Gasteiger partial charge is 0.497 e. The van der Waals surface area contributed by atoms with Crippen molar-refractivity contribution in [3.05, 3.63) is 114 Å². The first kappa shape index (κ1) is 33.2. The van der Waals surface area contributed by atoms with Crippen molar-refractivity contribution in [2.24, 2.45) is 0 Å². The number of hydrogen-bond donors (Lipinski definition) is 0. The molecular weight excluding hydrogens is 568 g/mol. The average Bonchev–Trinajstić information content (AvgIpc) is 3.61. The molecule has 0 saturated carbocycles. The summed E-state index contributed by atoms with van der Waals surface area (Å²) in [6, 6.07) is 20.7. The standard InChI is InChI=1S/C38H42O7/c1-42-33-24-26-35(27-25-33)45-38(41)32-20-22-34(23-21-32)44-36(39)15-9-7-5-3-2-4-6-8-12-28-43-37(40)31-18-16-30(17-19-31)29-13-10-11-14-29/h10-11,13-14,16-27,29H,2-9,12,15,28H2,1H3. The number of ether oxygens (including phenoxy) is 4. The number of benzene rings is 3. The number of carbonyl (C=O) groups is 3. The summed E-state index contributed by atoms with van der Waals surface area (Å²) in [6.45, 7) is 0.450. The highest BCUT2D eigenvalue weighted by Crippen LogP contribution is 2.23. The smallest absolute Gasteiger partial charge is 0.343 e. The van der Waals surface area contributed by atoms with Crippen LogP contribution in [0.1, 0.15) is 96.4 Å². The van der Waals surface area contributed by atoms with Gasteiger partial charge in [-0.3, -0.25) is 4.79 Å². The second-order valence-electron chi connectivity index (χ2n) is 11.0. The Morgan fingerprint density at radius 1 is 0.556 bits per heavy atom.